The first-order valence-electron chi connectivity index (χ1n) is 7.29. The highest BCUT2D eigenvalue weighted by Gasteiger charge is 2.24. The number of urea groups is 1. The van der Waals surface area contributed by atoms with Crippen molar-refractivity contribution in [2.24, 2.45) is 5.92 Å². The number of hydrogen-bond donors (Lipinski definition) is 3. The van der Waals surface area contributed by atoms with Crippen LogP contribution >= 0.6 is 11.8 Å². The van der Waals surface area contributed by atoms with Crippen LogP contribution in [0.1, 0.15) is 46.0 Å². The van der Waals surface area contributed by atoms with E-state index in [2.05, 4.69) is 16.9 Å². The van der Waals surface area contributed by atoms with Gasteiger partial charge in [-0.3, -0.25) is 0 Å². The molecule has 2 atom stereocenters. The Balaban J connectivity index is 3.78. The van der Waals surface area contributed by atoms with Gasteiger partial charge in [-0.05, 0) is 30.8 Å². The van der Waals surface area contributed by atoms with Crippen LogP contribution in [0.3, 0.4) is 0 Å². The van der Waals surface area contributed by atoms with Crippen molar-refractivity contribution >= 4 is 23.8 Å². The van der Waals surface area contributed by atoms with E-state index in [1.807, 2.05) is 25.6 Å². The van der Waals surface area contributed by atoms with Crippen LogP contribution in [0.2, 0.25) is 0 Å². The van der Waals surface area contributed by atoms with Crippen LogP contribution in [0.5, 0.6) is 0 Å². The molecule has 0 bridgehead atoms. The van der Waals surface area contributed by atoms with Crippen molar-refractivity contribution in [3.63, 3.8) is 0 Å². The smallest absolute Gasteiger partial charge is 0.326 e. The highest BCUT2D eigenvalue weighted by molar-refractivity contribution is 7.98. The lowest BCUT2D eigenvalue weighted by Gasteiger charge is -2.20. The summed E-state index contributed by atoms with van der Waals surface area (Å²) >= 11 is 1.85. The van der Waals surface area contributed by atoms with Gasteiger partial charge < -0.3 is 15.7 Å². The number of unbranched alkanes of at least 4 members (excludes halogenated alkanes) is 3. The van der Waals surface area contributed by atoms with E-state index in [0.717, 1.165) is 12.8 Å². The molecule has 0 saturated carbocycles. The van der Waals surface area contributed by atoms with E-state index >= 15 is 0 Å². The second kappa shape index (κ2) is 11.9. The molecule has 118 valence electrons. The first kappa shape index (κ1) is 19.1. The molecule has 20 heavy (non-hydrogen) atoms. The fourth-order valence-corrected chi connectivity index (χ4v) is 2.30. The Morgan fingerprint density at radius 1 is 1.20 bits per heavy atom. The summed E-state index contributed by atoms with van der Waals surface area (Å²) in [4.78, 5) is 22.7. The predicted molar refractivity (Wildman–Crippen MR) is 84.3 cm³/mol. The molecule has 0 rings (SSSR count). The Hall–Kier alpha value is -0.910. The van der Waals surface area contributed by atoms with E-state index in [4.69, 9.17) is 5.11 Å². The maximum Gasteiger partial charge on any atom is 0.326 e. The van der Waals surface area contributed by atoms with Gasteiger partial charge in [-0.25, -0.2) is 9.59 Å². The lowest BCUT2D eigenvalue weighted by molar-refractivity contribution is -0.140. The van der Waals surface area contributed by atoms with E-state index in [-0.39, 0.29) is 11.9 Å². The van der Waals surface area contributed by atoms with Crippen molar-refractivity contribution in [2.45, 2.75) is 52.0 Å². The molecule has 0 saturated heterocycles. The molecule has 0 aliphatic rings. The molecule has 0 unspecified atom stereocenters. The maximum atomic E-state index is 11.6. The molecule has 2 amide bonds. The Labute approximate surface area is 126 Å². The minimum absolute atomic E-state index is 0.0789. The molecular formula is C14H28N2O3S. The number of hydrogen-bond acceptors (Lipinski definition) is 3. The minimum Gasteiger partial charge on any atom is -0.480 e. The zero-order valence-corrected chi connectivity index (χ0v) is 13.6. The fraction of sp³-hybridized carbons (Fsp3) is 0.857. The highest BCUT2D eigenvalue weighted by Crippen LogP contribution is 2.07. The van der Waals surface area contributed by atoms with Crippen molar-refractivity contribution in [3.05, 3.63) is 0 Å². The van der Waals surface area contributed by atoms with Crippen LogP contribution in [0.15, 0.2) is 0 Å². The van der Waals surface area contributed by atoms with E-state index in [9.17, 15) is 9.59 Å². The summed E-state index contributed by atoms with van der Waals surface area (Å²) in [6.07, 6.45) is 7.23. The Morgan fingerprint density at radius 3 is 2.40 bits per heavy atom. The maximum absolute atomic E-state index is 11.6. The van der Waals surface area contributed by atoms with E-state index < -0.39 is 12.0 Å². The Bertz CT molecular complexity index is 288. The van der Waals surface area contributed by atoms with Crippen LogP contribution in [0, 0.1) is 5.92 Å². The van der Waals surface area contributed by atoms with Crippen LogP contribution in [-0.4, -0.2) is 41.7 Å². The van der Waals surface area contributed by atoms with Gasteiger partial charge in [-0.15, -0.1) is 0 Å². The predicted octanol–water partition coefficient (Wildman–Crippen LogP) is 2.71. The minimum atomic E-state index is -0.980. The van der Waals surface area contributed by atoms with Crippen LogP contribution in [0.4, 0.5) is 4.79 Å². The number of aliphatic carboxylic acids is 1. The van der Waals surface area contributed by atoms with Gasteiger partial charge in [0.1, 0.15) is 6.04 Å². The monoisotopic (exact) mass is 304 g/mol. The SMILES string of the molecule is CC[C@H](C)[C@H](NC(=O)NCCCCCCSC)C(=O)O. The van der Waals surface area contributed by atoms with E-state index in [1.54, 1.807) is 0 Å². The molecule has 0 radical (unpaired) electrons. The second-order valence-electron chi connectivity index (χ2n) is 5.01. The average Bonchev–Trinajstić information content (AvgIpc) is 2.42. The Morgan fingerprint density at radius 2 is 1.85 bits per heavy atom. The fourth-order valence-electron chi connectivity index (χ4n) is 1.80. The largest absolute Gasteiger partial charge is 0.480 e. The third-order valence-corrected chi connectivity index (χ3v) is 4.02. The summed E-state index contributed by atoms with van der Waals surface area (Å²) in [5, 5.41) is 14.3. The lowest BCUT2D eigenvalue weighted by atomic mass is 9.99. The number of carboxylic acid groups (broad SMARTS) is 1. The third kappa shape index (κ3) is 9.07. The number of thioether (sulfide) groups is 1. The van der Waals surface area contributed by atoms with Crippen LogP contribution in [0.25, 0.3) is 0 Å². The number of rotatable bonds is 11. The zero-order chi connectivity index (χ0) is 15.4. The molecule has 0 aromatic heterocycles. The summed E-state index contributed by atoms with van der Waals surface area (Å²) in [6, 6.07) is -1.21. The van der Waals surface area contributed by atoms with Gasteiger partial charge in [0.25, 0.3) is 0 Å². The molecule has 0 aromatic carbocycles. The van der Waals surface area contributed by atoms with E-state index in [1.165, 1.54) is 18.6 Å². The van der Waals surface area contributed by atoms with Crippen LogP contribution < -0.4 is 10.6 Å². The van der Waals surface area contributed by atoms with Crippen LogP contribution in [-0.2, 0) is 4.79 Å². The van der Waals surface area contributed by atoms with Crippen molar-refractivity contribution < 1.29 is 14.7 Å². The summed E-state index contributed by atoms with van der Waals surface area (Å²) in [5.74, 6) is 0.125. The van der Waals surface area contributed by atoms with Gasteiger partial charge >= 0.3 is 12.0 Å². The standard InChI is InChI=1S/C14H28N2O3S/c1-4-11(2)12(13(17)18)16-14(19)15-9-7-5-6-8-10-20-3/h11-12H,4-10H2,1-3H3,(H,17,18)(H2,15,16,19)/t11-,12-/m0/s1. The number of carbonyl (C=O) groups is 2. The molecule has 5 nitrogen and oxygen atoms in total. The third-order valence-electron chi connectivity index (χ3n) is 3.33. The number of amides is 2. The molecule has 0 heterocycles. The molecule has 0 aliphatic heterocycles. The molecule has 0 fully saturated rings. The highest BCUT2D eigenvalue weighted by atomic mass is 32.2. The van der Waals surface area contributed by atoms with Gasteiger partial charge in [-0.1, -0.05) is 33.1 Å². The van der Waals surface area contributed by atoms with Crippen molar-refractivity contribution in [3.8, 4) is 0 Å². The first-order chi connectivity index (χ1) is 9.52. The van der Waals surface area contributed by atoms with Gasteiger partial charge in [0, 0.05) is 6.54 Å². The van der Waals surface area contributed by atoms with Gasteiger partial charge in [-0.2, -0.15) is 11.8 Å². The molecule has 0 aromatic rings. The second-order valence-corrected chi connectivity index (χ2v) is 5.99. The summed E-state index contributed by atoms with van der Waals surface area (Å²) in [7, 11) is 0. The quantitative estimate of drug-likeness (QED) is 0.513. The molecule has 6 heteroatoms. The van der Waals surface area contributed by atoms with Gasteiger partial charge in [0.2, 0.25) is 0 Å². The summed E-state index contributed by atoms with van der Waals surface area (Å²) in [6.45, 7) is 4.33. The topological polar surface area (TPSA) is 78.4 Å². The number of carbonyl (C=O) groups excluding carboxylic acids is 1. The van der Waals surface area contributed by atoms with Crippen molar-refractivity contribution in [2.75, 3.05) is 18.6 Å². The molecular weight excluding hydrogens is 276 g/mol. The number of carboxylic acids is 1. The average molecular weight is 304 g/mol. The Kier molecular flexibility index (Phi) is 11.3. The number of nitrogens with one attached hydrogen (secondary N) is 2. The first-order valence-corrected chi connectivity index (χ1v) is 8.68. The van der Waals surface area contributed by atoms with Crippen molar-refractivity contribution in [1.82, 2.24) is 10.6 Å². The summed E-state index contributed by atoms with van der Waals surface area (Å²) < 4.78 is 0. The molecule has 3 N–H and O–H groups in total. The normalized spacial score (nSPS) is 13.6. The lowest BCUT2D eigenvalue weighted by Crippen LogP contribution is -2.49. The summed E-state index contributed by atoms with van der Waals surface area (Å²) in [5.41, 5.74) is 0. The molecule has 0 spiro atoms. The van der Waals surface area contributed by atoms with E-state index in [0.29, 0.717) is 13.0 Å². The van der Waals surface area contributed by atoms with Gasteiger partial charge in [0.05, 0.1) is 0 Å². The molecule has 0 aliphatic carbocycles. The van der Waals surface area contributed by atoms with Crippen molar-refractivity contribution in [1.29, 1.82) is 0 Å². The zero-order valence-electron chi connectivity index (χ0n) is 12.8. The van der Waals surface area contributed by atoms with Gasteiger partial charge in [0.15, 0.2) is 0 Å².